The minimum absolute atomic E-state index is 0.0200. The van der Waals surface area contributed by atoms with Crippen molar-refractivity contribution in [2.45, 2.75) is 89.5 Å². The largest absolute Gasteiger partial charge is 0.348 e. The Labute approximate surface area is 221 Å². The molecular formula is C27H42N6O3S. The lowest BCUT2D eigenvalue weighted by molar-refractivity contribution is 0.0785. The van der Waals surface area contributed by atoms with Gasteiger partial charge in [-0.3, -0.25) is 14.4 Å². The highest BCUT2D eigenvalue weighted by Gasteiger charge is 2.41. The molecule has 4 atom stereocenters. The van der Waals surface area contributed by atoms with Gasteiger partial charge in [-0.1, -0.05) is 18.2 Å². The Bertz CT molecular complexity index is 1200. The van der Waals surface area contributed by atoms with Crippen LogP contribution >= 0.6 is 0 Å². The molecule has 3 saturated heterocycles. The molecule has 3 aliphatic rings. The monoisotopic (exact) mass is 530 g/mol. The predicted octanol–water partition coefficient (Wildman–Crippen LogP) is 2.75. The maximum absolute atomic E-state index is 13.3. The Balaban J connectivity index is 1.16. The molecule has 3 aliphatic heterocycles. The minimum Gasteiger partial charge on any atom is -0.348 e. The number of sulfonamides is 1. The van der Waals surface area contributed by atoms with Crippen LogP contribution in [0, 0.1) is 0 Å². The average molecular weight is 531 g/mol. The number of likely N-dealkylation sites (tertiary alicyclic amines) is 1. The summed E-state index contributed by atoms with van der Waals surface area (Å²) in [6, 6.07) is 9.34. The molecule has 0 aliphatic carbocycles. The molecule has 1 amide bonds. The van der Waals surface area contributed by atoms with Gasteiger partial charge in [-0.15, -0.1) is 0 Å². The van der Waals surface area contributed by atoms with Crippen molar-refractivity contribution < 1.29 is 13.2 Å². The number of para-hydroxylation sites is 1. The predicted molar refractivity (Wildman–Crippen MR) is 146 cm³/mol. The van der Waals surface area contributed by atoms with Crippen LogP contribution in [0.4, 0.5) is 0 Å². The first kappa shape index (κ1) is 26.6. The highest BCUT2D eigenvalue weighted by molar-refractivity contribution is 7.89. The normalized spacial score (nSPS) is 27.2. The van der Waals surface area contributed by atoms with E-state index in [-0.39, 0.29) is 29.8 Å². The highest BCUT2D eigenvalue weighted by Crippen LogP contribution is 2.36. The molecule has 2 N–H and O–H groups in total. The van der Waals surface area contributed by atoms with Crippen molar-refractivity contribution in [3.8, 4) is 0 Å². The number of rotatable bonds is 9. The smallest absolute Gasteiger partial charge is 0.272 e. The Morgan fingerprint density at radius 1 is 1.08 bits per heavy atom. The lowest BCUT2D eigenvalue weighted by atomic mass is 9.97. The fraction of sp³-hybridized carbons (Fsp3) is 0.704. The van der Waals surface area contributed by atoms with Crippen molar-refractivity contribution in [3.63, 3.8) is 0 Å². The van der Waals surface area contributed by atoms with Crippen molar-refractivity contribution in [1.82, 2.24) is 29.6 Å². The number of hydrogen-bond donors (Lipinski definition) is 2. The van der Waals surface area contributed by atoms with E-state index in [1.165, 1.54) is 12.8 Å². The third kappa shape index (κ3) is 5.87. The fourth-order valence-electron chi connectivity index (χ4n) is 6.61. The number of carbonyl (C=O) groups is 1. The molecule has 0 radical (unpaired) electrons. The number of nitrogens with zero attached hydrogens (tertiary/aromatic N) is 4. The van der Waals surface area contributed by atoms with Gasteiger partial charge in [0, 0.05) is 55.2 Å². The number of piperidine rings is 2. The van der Waals surface area contributed by atoms with Gasteiger partial charge in [0.2, 0.25) is 10.0 Å². The van der Waals surface area contributed by atoms with Gasteiger partial charge in [-0.2, -0.15) is 5.10 Å². The van der Waals surface area contributed by atoms with Crippen LogP contribution in [0.5, 0.6) is 0 Å². The first-order valence-electron chi connectivity index (χ1n) is 14.0. The molecule has 204 valence electrons. The number of nitrogens with one attached hydrogen (secondary N) is 2. The maximum Gasteiger partial charge on any atom is 0.272 e. The summed E-state index contributed by atoms with van der Waals surface area (Å²) in [6.07, 6.45) is 6.26. The standard InChI is InChI=1S/C27H42N6O3S/c1-4-37(35,36)30-20-8-7-13-31(18-20)14-15-32-22-11-12-23(32)17-21(16-22)28-27(34)26-24-9-5-6-10-25(24)33(29-26)19(2)3/h5-6,9-10,19-23,30H,4,7-8,11-18H2,1-3H3,(H,28,34)/t20-,21?,22-,23+/m0/s1. The van der Waals surface area contributed by atoms with Crippen LogP contribution in [0.1, 0.15) is 75.8 Å². The van der Waals surface area contributed by atoms with Gasteiger partial charge in [0.25, 0.3) is 5.91 Å². The lowest BCUT2D eigenvalue weighted by Crippen LogP contribution is -2.53. The summed E-state index contributed by atoms with van der Waals surface area (Å²) >= 11 is 0. The van der Waals surface area contributed by atoms with Gasteiger partial charge in [0.1, 0.15) is 0 Å². The number of hydrogen-bond acceptors (Lipinski definition) is 6. The molecule has 2 bridgehead atoms. The summed E-state index contributed by atoms with van der Waals surface area (Å²) in [5.74, 6) is 0.0658. The Kier molecular flexibility index (Phi) is 7.91. The van der Waals surface area contributed by atoms with E-state index in [1.54, 1.807) is 6.92 Å². The van der Waals surface area contributed by atoms with E-state index in [0.717, 1.165) is 62.8 Å². The molecule has 9 nitrogen and oxygen atoms in total. The quantitative estimate of drug-likeness (QED) is 0.517. The Morgan fingerprint density at radius 2 is 1.81 bits per heavy atom. The molecule has 0 spiro atoms. The number of amides is 1. The summed E-state index contributed by atoms with van der Waals surface area (Å²) in [5.41, 5.74) is 1.53. The third-order valence-electron chi connectivity index (χ3n) is 8.44. The van der Waals surface area contributed by atoms with Crippen LogP contribution in [-0.2, 0) is 10.0 Å². The number of fused-ring (bicyclic) bond motifs is 3. The zero-order valence-corrected chi connectivity index (χ0v) is 23.2. The molecule has 3 fully saturated rings. The first-order valence-corrected chi connectivity index (χ1v) is 15.7. The van der Waals surface area contributed by atoms with Gasteiger partial charge in [0.05, 0.1) is 11.3 Å². The van der Waals surface area contributed by atoms with Gasteiger partial charge in [-0.25, -0.2) is 13.1 Å². The van der Waals surface area contributed by atoms with E-state index in [1.807, 2.05) is 28.9 Å². The van der Waals surface area contributed by atoms with Crippen LogP contribution in [-0.4, -0.2) is 90.0 Å². The molecule has 10 heteroatoms. The third-order valence-corrected chi connectivity index (χ3v) is 9.90. The van der Waals surface area contributed by atoms with Crippen LogP contribution in [0.3, 0.4) is 0 Å². The van der Waals surface area contributed by atoms with Crippen molar-refractivity contribution in [1.29, 1.82) is 0 Å². The summed E-state index contributed by atoms with van der Waals surface area (Å²) in [4.78, 5) is 18.4. The fourth-order valence-corrected chi connectivity index (χ4v) is 7.48. The second-order valence-corrected chi connectivity index (χ2v) is 13.4. The van der Waals surface area contributed by atoms with Crippen LogP contribution in [0.15, 0.2) is 24.3 Å². The summed E-state index contributed by atoms with van der Waals surface area (Å²) in [7, 11) is -3.16. The zero-order chi connectivity index (χ0) is 26.2. The highest BCUT2D eigenvalue weighted by atomic mass is 32.2. The van der Waals surface area contributed by atoms with Gasteiger partial charge in [0.15, 0.2) is 5.69 Å². The molecule has 5 rings (SSSR count). The van der Waals surface area contributed by atoms with E-state index in [4.69, 9.17) is 0 Å². The van der Waals surface area contributed by atoms with Crippen molar-refractivity contribution in [2.75, 3.05) is 31.9 Å². The second-order valence-electron chi connectivity index (χ2n) is 11.3. The lowest BCUT2D eigenvalue weighted by Gasteiger charge is -2.41. The number of aromatic nitrogens is 2. The number of benzene rings is 1. The Morgan fingerprint density at radius 3 is 2.51 bits per heavy atom. The second kappa shape index (κ2) is 11.0. The molecule has 4 heterocycles. The van der Waals surface area contributed by atoms with Crippen LogP contribution in [0.25, 0.3) is 10.9 Å². The van der Waals surface area contributed by atoms with E-state index < -0.39 is 10.0 Å². The Hall–Kier alpha value is -2.01. The molecule has 1 unspecified atom stereocenters. The SMILES string of the molecule is CCS(=O)(=O)N[C@H]1CCCN(CCN2[C@@H]3CC[C@H]2CC(NC(=O)c2nn(C(C)C)c4ccccc24)C3)C1. The average Bonchev–Trinajstić information content (AvgIpc) is 3.37. The van der Waals surface area contributed by atoms with Gasteiger partial charge < -0.3 is 10.2 Å². The van der Waals surface area contributed by atoms with Crippen molar-refractivity contribution in [3.05, 3.63) is 30.0 Å². The molecule has 37 heavy (non-hydrogen) atoms. The van der Waals surface area contributed by atoms with Crippen molar-refractivity contribution in [2.24, 2.45) is 0 Å². The minimum atomic E-state index is -3.16. The van der Waals surface area contributed by atoms with E-state index in [0.29, 0.717) is 17.8 Å². The summed E-state index contributed by atoms with van der Waals surface area (Å²) in [6.45, 7) is 9.65. The molecular weight excluding hydrogens is 488 g/mol. The summed E-state index contributed by atoms with van der Waals surface area (Å²) in [5, 5.41) is 8.92. The summed E-state index contributed by atoms with van der Waals surface area (Å²) < 4.78 is 28.8. The molecule has 1 aromatic carbocycles. The maximum atomic E-state index is 13.3. The van der Waals surface area contributed by atoms with Gasteiger partial charge in [-0.05, 0) is 71.9 Å². The van der Waals surface area contributed by atoms with Gasteiger partial charge >= 0.3 is 0 Å². The molecule has 0 saturated carbocycles. The van der Waals surface area contributed by atoms with E-state index in [2.05, 4.69) is 38.8 Å². The molecule has 2 aromatic rings. The van der Waals surface area contributed by atoms with Crippen LogP contribution in [0.2, 0.25) is 0 Å². The van der Waals surface area contributed by atoms with E-state index >= 15 is 0 Å². The molecule has 1 aromatic heterocycles. The van der Waals surface area contributed by atoms with Crippen molar-refractivity contribution >= 4 is 26.8 Å². The van der Waals surface area contributed by atoms with Crippen LogP contribution < -0.4 is 10.0 Å². The van der Waals surface area contributed by atoms with E-state index in [9.17, 15) is 13.2 Å². The zero-order valence-electron chi connectivity index (χ0n) is 22.4. The number of carbonyl (C=O) groups excluding carboxylic acids is 1. The topological polar surface area (TPSA) is 99.6 Å². The first-order chi connectivity index (χ1) is 17.7.